The molecule has 0 aliphatic carbocycles. The molecule has 0 bridgehead atoms. The Morgan fingerprint density at radius 2 is 2.00 bits per heavy atom. The van der Waals surface area contributed by atoms with Crippen molar-refractivity contribution >= 4 is 35.6 Å². The number of anilines is 1. The van der Waals surface area contributed by atoms with E-state index >= 15 is 0 Å². The van der Waals surface area contributed by atoms with Crippen LogP contribution in [0, 0.1) is 5.82 Å². The molecule has 0 atom stereocenters. The van der Waals surface area contributed by atoms with Crippen LogP contribution in [0.1, 0.15) is 19.1 Å². The summed E-state index contributed by atoms with van der Waals surface area (Å²) in [4.78, 5) is 6.39. The molecule has 0 aliphatic heterocycles. The summed E-state index contributed by atoms with van der Waals surface area (Å²) < 4.78 is 19.0. The van der Waals surface area contributed by atoms with Gasteiger partial charge < -0.3 is 20.0 Å². The van der Waals surface area contributed by atoms with Gasteiger partial charge >= 0.3 is 0 Å². The molecule has 0 saturated carbocycles. The molecule has 0 amide bonds. The van der Waals surface area contributed by atoms with Crippen molar-refractivity contribution in [2.24, 2.45) is 4.99 Å². The number of aliphatic imine (C=N–C) groups is 1. The van der Waals surface area contributed by atoms with Crippen molar-refractivity contribution in [1.82, 2.24) is 10.6 Å². The van der Waals surface area contributed by atoms with Crippen molar-refractivity contribution in [1.29, 1.82) is 0 Å². The van der Waals surface area contributed by atoms with E-state index in [1.54, 1.807) is 18.4 Å². The van der Waals surface area contributed by atoms with E-state index in [1.165, 1.54) is 6.07 Å². The van der Waals surface area contributed by atoms with Gasteiger partial charge in [-0.15, -0.1) is 24.0 Å². The fourth-order valence-electron chi connectivity index (χ4n) is 2.31. The Labute approximate surface area is 165 Å². The maximum Gasteiger partial charge on any atom is 0.191 e. The lowest BCUT2D eigenvalue weighted by molar-refractivity contribution is 0.512. The highest BCUT2D eigenvalue weighted by atomic mass is 127. The topological polar surface area (TPSA) is 52.8 Å². The van der Waals surface area contributed by atoms with E-state index in [4.69, 9.17) is 4.42 Å². The summed E-state index contributed by atoms with van der Waals surface area (Å²) in [7, 11) is 1.90. The second-order valence-corrected chi connectivity index (χ2v) is 5.43. The number of furan rings is 1. The van der Waals surface area contributed by atoms with Crippen LogP contribution >= 0.6 is 24.0 Å². The Morgan fingerprint density at radius 3 is 2.68 bits per heavy atom. The first-order valence-corrected chi connectivity index (χ1v) is 8.21. The molecule has 138 valence electrons. The van der Waals surface area contributed by atoms with E-state index in [2.05, 4.69) is 15.6 Å². The predicted octanol–water partition coefficient (Wildman–Crippen LogP) is 3.62. The molecular weight excluding hydrogens is 434 g/mol. The van der Waals surface area contributed by atoms with Gasteiger partial charge in [0.25, 0.3) is 0 Å². The number of benzene rings is 1. The molecule has 0 unspecified atom stereocenters. The fraction of sp³-hybridized carbons (Fsp3) is 0.389. The molecule has 7 heteroatoms. The van der Waals surface area contributed by atoms with E-state index in [0.717, 1.165) is 37.8 Å². The summed E-state index contributed by atoms with van der Waals surface area (Å²) in [5.74, 6) is 1.38. The smallest absolute Gasteiger partial charge is 0.191 e. The first kappa shape index (κ1) is 21.3. The normalized spacial score (nSPS) is 10.9. The molecule has 1 aromatic carbocycles. The van der Waals surface area contributed by atoms with E-state index < -0.39 is 0 Å². The van der Waals surface area contributed by atoms with Crippen LogP contribution in [0.3, 0.4) is 0 Å². The number of nitrogens with one attached hydrogen (secondary N) is 2. The Hall–Kier alpha value is -1.77. The standard InChI is InChI=1S/C18H25FN4O.HI/c1-3-20-18(22-14-15-8-6-13-24-15)21-11-7-12-23(2)17-10-5-4-9-16(17)19;/h4-6,8-10,13H,3,7,11-12,14H2,1-2H3,(H2,20,21,22);1H. The number of nitrogens with zero attached hydrogens (tertiary/aromatic N) is 2. The molecule has 0 saturated heterocycles. The molecule has 2 N–H and O–H groups in total. The molecule has 1 aromatic heterocycles. The predicted molar refractivity (Wildman–Crippen MR) is 111 cm³/mol. The van der Waals surface area contributed by atoms with Crippen molar-refractivity contribution in [3.63, 3.8) is 0 Å². The van der Waals surface area contributed by atoms with Crippen LogP contribution in [-0.4, -0.2) is 32.6 Å². The zero-order valence-electron chi connectivity index (χ0n) is 14.7. The van der Waals surface area contributed by atoms with Crippen molar-refractivity contribution in [3.8, 4) is 0 Å². The molecule has 0 spiro atoms. The van der Waals surface area contributed by atoms with Gasteiger partial charge in [0.1, 0.15) is 18.1 Å². The van der Waals surface area contributed by atoms with Crippen LogP contribution in [-0.2, 0) is 6.54 Å². The van der Waals surface area contributed by atoms with Crippen molar-refractivity contribution < 1.29 is 8.81 Å². The van der Waals surface area contributed by atoms with Crippen LogP contribution in [0.2, 0.25) is 0 Å². The van der Waals surface area contributed by atoms with Crippen LogP contribution in [0.25, 0.3) is 0 Å². The van der Waals surface area contributed by atoms with Gasteiger partial charge in [-0.2, -0.15) is 0 Å². The van der Waals surface area contributed by atoms with Gasteiger partial charge in [-0.05, 0) is 37.6 Å². The fourth-order valence-corrected chi connectivity index (χ4v) is 2.31. The Morgan fingerprint density at radius 1 is 1.20 bits per heavy atom. The molecule has 0 fully saturated rings. The highest BCUT2D eigenvalue weighted by Gasteiger charge is 2.06. The summed E-state index contributed by atoms with van der Waals surface area (Å²) in [6, 6.07) is 10.6. The molecule has 0 aliphatic rings. The number of guanidine groups is 1. The van der Waals surface area contributed by atoms with Gasteiger partial charge in [0.15, 0.2) is 5.96 Å². The molecule has 1 heterocycles. The minimum Gasteiger partial charge on any atom is -0.467 e. The highest BCUT2D eigenvalue weighted by Crippen LogP contribution is 2.16. The average molecular weight is 460 g/mol. The lowest BCUT2D eigenvalue weighted by Gasteiger charge is -2.20. The molecule has 25 heavy (non-hydrogen) atoms. The molecule has 5 nitrogen and oxygen atoms in total. The second kappa shape index (κ2) is 11.7. The number of para-hydroxylation sites is 1. The first-order chi connectivity index (χ1) is 11.7. The molecule has 2 aromatic rings. The summed E-state index contributed by atoms with van der Waals surface area (Å²) >= 11 is 0. The molecule has 2 rings (SSSR count). The zero-order chi connectivity index (χ0) is 17.2. The molecular formula is C18H26FIN4O. The van der Waals surface area contributed by atoms with Crippen LogP contribution in [0.15, 0.2) is 52.1 Å². The molecule has 0 radical (unpaired) electrons. The maximum absolute atomic E-state index is 13.7. The lowest BCUT2D eigenvalue weighted by atomic mass is 10.2. The van der Waals surface area contributed by atoms with E-state index in [0.29, 0.717) is 12.2 Å². The zero-order valence-corrected chi connectivity index (χ0v) is 17.0. The largest absolute Gasteiger partial charge is 0.467 e. The summed E-state index contributed by atoms with van der Waals surface area (Å²) in [5.41, 5.74) is 0.621. The van der Waals surface area contributed by atoms with E-state index in [1.807, 2.05) is 37.1 Å². The lowest BCUT2D eigenvalue weighted by Crippen LogP contribution is -2.38. The number of rotatable bonds is 8. The van der Waals surface area contributed by atoms with Crippen molar-refractivity contribution in [2.45, 2.75) is 19.9 Å². The minimum absolute atomic E-state index is 0. The SMILES string of the molecule is CCNC(=NCc1ccco1)NCCCN(C)c1ccccc1F.I. The van der Waals surface area contributed by atoms with E-state index in [9.17, 15) is 4.39 Å². The van der Waals surface area contributed by atoms with Crippen LogP contribution in [0.4, 0.5) is 10.1 Å². The highest BCUT2D eigenvalue weighted by molar-refractivity contribution is 14.0. The van der Waals surface area contributed by atoms with E-state index in [-0.39, 0.29) is 29.8 Å². The van der Waals surface area contributed by atoms with Crippen LogP contribution in [0.5, 0.6) is 0 Å². The third-order valence-electron chi connectivity index (χ3n) is 3.54. The number of hydrogen-bond acceptors (Lipinski definition) is 3. The third kappa shape index (κ3) is 7.33. The number of hydrogen-bond donors (Lipinski definition) is 2. The van der Waals surface area contributed by atoms with Crippen molar-refractivity contribution in [2.75, 3.05) is 31.6 Å². The van der Waals surface area contributed by atoms with Gasteiger partial charge in [0.2, 0.25) is 0 Å². The van der Waals surface area contributed by atoms with Crippen LogP contribution < -0.4 is 15.5 Å². The van der Waals surface area contributed by atoms with Gasteiger partial charge in [-0.3, -0.25) is 0 Å². The third-order valence-corrected chi connectivity index (χ3v) is 3.54. The summed E-state index contributed by atoms with van der Waals surface area (Å²) in [6.07, 6.45) is 2.51. The summed E-state index contributed by atoms with van der Waals surface area (Å²) in [6.45, 7) is 4.82. The summed E-state index contributed by atoms with van der Waals surface area (Å²) in [5, 5.41) is 6.48. The second-order valence-electron chi connectivity index (χ2n) is 5.43. The quantitative estimate of drug-likeness (QED) is 0.274. The Bertz CT molecular complexity index is 634. The monoisotopic (exact) mass is 460 g/mol. The average Bonchev–Trinajstić information content (AvgIpc) is 3.10. The van der Waals surface area contributed by atoms with Crippen molar-refractivity contribution in [3.05, 3.63) is 54.2 Å². The maximum atomic E-state index is 13.7. The Kier molecular flexibility index (Phi) is 9.98. The van der Waals surface area contributed by atoms with Gasteiger partial charge in [0, 0.05) is 26.7 Å². The minimum atomic E-state index is -0.193. The van der Waals surface area contributed by atoms with Gasteiger partial charge in [-0.1, -0.05) is 12.1 Å². The number of halogens is 2. The van der Waals surface area contributed by atoms with Gasteiger partial charge in [0.05, 0.1) is 12.0 Å². The first-order valence-electron chi connectivity index (χ1n) is 8.21. The Balaban J connectivity index is 0.00000312. The van der Waals surface area contributed by atoms with Gasteiger partial charge in [-0.25, -0.2) is 9.38 Å².